The van der Waals surface area contributed by atoms with Crippen LogP contribution in [0.15, 0.2) is 194 Å². The maximum absolute atomic E-state index is 15.2. The number of halogens is 12. The molecule has 0 saturated carbocycles. The molecule has 0 unspecified atom stereocenters. The molecule has 0 amide bonds. The molecule has 0 saturated heterocycles. The van der Waals surface area contributed by atoms with Crippen molar-refractivity contribution in [2.75, 3.05) is 0 Å². The lowest BCUT2D eigenvalue weighted by Crippen LogP contribution is -2.55. The van der Waals surface area contributed by atoms with E-state index in [9.17, 15) is 65.9 Å². The Kier molecular flexibility index (Phi) is 18.4. The SMILES string of the molecule is O=C(O)c1cc(C#Cc2ccccc2)cc(C(c2cc(C#Cc3ccccc3)cc(C(=O)O)c2)(C(F)(F)F)C(F)(F)F)c1.O=C(O)c1ccc(C(c2ccc(C(=O)O)cc2C#Cc2ccccc2)(C(F)(F)F)C(F)(F)F)c(C#Cc2ccccc2)c1. The summed E-state index contributed by atoms with van der Waals surface area (Å²) in [5, 5.41) is 38.1. The van der Waals surface area contributed by atoms with Crippen molar-refractivity contribution < 1.29 is 92.3 Å². The summed E-state index contributed by atoms with van der Waals surface area (Å²) in [6.07, 6.45) is -24.4. The molecule has 8 aromatic rings. The van der Waals surface area contributed by atoms with Crippen LogP contribution in [0.2, 0.25) is 0 Å². The number of alkyl halides is 12. The molecule has 0 bridgehead atoms. The van der Waals surface area contributed by atoms with Crippen LogP contribution in [0.1, 0.15) is 108 Å². The zero-order chi connectivity index (χ0) is 62.8. The zero-order valence-corrected chi connectivity index (χ0v) is 43.4. The van der Waals surface area contributed by atoms with Crippen molar-refractivity contribution in [3.8, 4) is 47.4 Å². The van der Waals surface area contributed by atoms with E-state index in [1.165, 1.54) is 24.3 Å². The van der Waals surface area contributed by atoms with Crippen LogP contribution in [-0.4, -0.2) is 69.0 Å². The predicted molar refractivity (Wildman–Crippen MR) is 289 cm³/mol. The van der Waals surface area contributed by atoms with E-state index in [0.29, 0.717) is 59.7 Å². The van der Waals surface area contributed by atoms with Gasteiger partial charge in [-0.3, -0.25) is 0 Å². The smallest absolute Gasteiger partial charge is 0.411 e. The van der Waals surface area contributed by atoms with E-state index in [2.05, 4.69) is 47.4 Å². The number of carboxylic acids is 4. The van der Waals surface area contributed by atoms with E-state index in [1.54, 1.807) is 97.1 Å². The average Bonchev–Trinajstić information content (AvgIpc) is 0.789. The van der Waals surface area contributed by atoms with Gasteiger partial charge in [-0.15, -0.1) is 0 Å². The number of carboxylic acid groups (broad SMARTS) is 4. The largest absolute Gasteiger partial charge is 0.478 e. The molecule has 4 N–H and O–H groups in total. The van der Waals surface area contributed by atoms with Crippen LogP contribution >= 0.6 is 0 Å². The second-order valence-electron chi connectivity index (χ2n) is 18.3. The van der Waals surface area contributed by atoms with Crippen LogP contribution in [0.5, 0.6) is 0 Å². The van der Waals surface area contributed by atoms with Crippen molar-refractivity contribution in [1.82, 2.24) is 0 Å². The summed E-state index contributed by atoms with van der Waals surface area (Å²) >= 11 is 0. The summed E-state index contributed by atoms with van der Waals surface area (Å²) in [6, 6.07) is 37.9. The van der Waals surface area contributed by atoms with Gasteiger partial charge in [0.15, 0.2) is 0 Å². The molecule has 0 heterocycles. The summed E-state index contributed by atoms with van der Waals surface area (Å²) in [4.78, 5) is 47.0. The van der Waals surface area contributed by atoms with Crippen LogP contribution in [-0.2, 0) is 10.8 Å². The van der Waals surface area contributed by atoms with Crippen LogP contribution in [0.3, 0.4) is 0 Å². The van der Waals surface area contributed by atoms with E-state index < -0.39 is 126 Å². The summed E-state index contributed by atoms with van der Waals surface area (Å²) in [5.41, 5.74) is -19.7. The molecule has 0 fully saturated rings. The summed E-state index contributed by atoms with van der Waals surface area (Å²) < 4.78 is 181. The molecule has 0 atom stereocenters. The minimum absolute atomic E-state index is 0.249. The highest BCUT2D eigenvalue weighted by Crippen LogP contribution is 2.59. The van der Waals surface area contributed by atoms with Crippen molar-refractivity contribution in [3.05, 3.63) is 283 Å². The van der Waals surface area contributed by atoms with Gasteiger partial charge in [0.2, 0.25) is 10.8 Å². The van der Waals surface area contributed by atoms with Gasteiger partial charge in [-0.05, 0) is 131 Å². The van der Waals surface area contributed by atoms with E-state index in [-0.39, 0.29) is 23.3 Å². The monoisotopic (exact) mass is 1180 g/mol. The lowest BCUT2D eigenvalue weighted by Gasteiger charge is -2.39. The predicted octanol–water partition coefficient (Wildman–Crippen LogP) is 14.6. The highest BCUT2D eigenvalue weighted by Gasteiger charge is 2.74. The topological polar surface area (TPSA) is 149 Å². The molecule has 432 valence electrons. The molecule has 8 aromatic carbocycles. The molecule has 0 aliphatic rings. The Morgan fingerprint density at radius 2 is 0.523 bits per heavy atom. The maximum atomic E-state index is 15.2. The summed E-state index contributed by atoms with van der Waals surface area (Å²) in [5.74, 6) is 12.9. The van der Waals surface area contributed by atoms with Crippen molar-refractivity contribution in [2.24, 2.45) is 0 Å². The molecule has 0 aliphatic carbocycles. The van der Waals surface area contributed by atoms with Gasteiger partial charge < -0.3 is 20.4 Å². The number of hydrogen-bond donors (Lipinski definition) is 4. The van der Waals surface area contributed by atoms with Crippen LogP contribution < -0.4 is 0 Å². The molecule has 8 rings (SSSR count). The van der Waals surface area contributed by atoms with E-state index in [0.717, 1.165) is 12.1 Å². The van der Waals surface area contributed by atoms with Crippen LogP contribution in [0, 0.1) is 47.4 Å². The molecular weight excluding hydrogens is 1150 g/mol. The molecule has 0 radical (unpaired) electrons. The third-order valence-electron chi connectivity index (χ3n) is 12.7. The Morgan fingerprint density at radius 3 is 0.779 bits per heavy atom. The molecule has 0 aromatic heterocycles. The first-order valence-electron chi connectivity index (χ1n) is 24.6. The molecule has 20 heteroatoms. The minimum atomic E-state index is -6.13. The summed E-state index contributed by atoms with van der Waals surface area (Å²) in [6.45, 7) is 0. The highest BCUT2D eigenvalue weighted by molar-refractivity contribution is 5.91. The van der Waals surface area contributed by atoms with Gasteiger partial charge in [0.1, 0.15) is 0 Å². The van der Waals surface area contributed by atoms with Crippen molar-refractivity contribution in [2.45, 2.75) is 35.5 Å². The zero-order valence-electron chi connectivity index (χ0n) is 43.4. The second kappa shape index (κ2) is 25.3. The van der Waals surface area contributed by atoms with Crippen molar-refractivity contribution in [1.29, 1.82) is 0 Å². The third-order valence-corrected chi connectivity index (χ3v) is 12.7. The van der Waals surface area contributed by atoms with E-state index in [4.69, 9.17) is 0 Å². The second-order valence-corrected chi connectivity index (χ2v) is 18.3. The van der Waals surface area contributed by atoms with Gasteiger partial charge in [0.25, 0.3) is 0 Å². The first-order chi connectivity index (χ1) is 40.5. The number of benzene rings is 8. The maximum Gasteiger partial charge on any atom is 0.411 e. The van der Waals surface area contributed by atoms with Gasteiger partial charge in [0.05, 0.1) is 22.3 Å². The highest BCUT2D eigenvalue weighted by atomic mass is 19.4. The van der Waals surface area contributed by atoms with Gasteiger partial charge in [-0.2, -0.15) is 52.7 Å². The Balaban J connectivity index is 0.000000246. The third kappa shape index (κ3) is 13.6. The standard InChI is InChI=1S/2C33H18F6O4/c34-32(35,36)31(33(37,38)39,27-17-23(15-25(19-27)29(40)41)13-11-21-7-3-1-4-8-21)28-18-24(16-26(20-28)30(42)43)14-12-22-9-5-2-6-10-22;34-32(35,36)31(33(37,38)39,27-17-15-25(29(40)41)19-23(27)13-11-21-7-3-1-4-8-21)28-18-16-26(30(42)43)20-24(28)14-12-22-9-5-2-6-10-22/h2*1-10,15-20H,(H,40,41)(H,42,43). The fourth-order valence-corrected chi connectivity index (χ4v) is 8.85. The van der Waals surface area contributed by atoms with Crippen LogP contribution in [0.4, 0.5) is 52.7 Å². The fraction of sp³-hybridized carbons (Fsp3) is 0.0909. The first-order valence-corrected chi connectivity index (χ1v) is 24.6. The molecule has 8 nitrogen and oxygen atoms in total. The van der Waals surface area contributed by atoms with Gasteiger partial charge in [-0.25, -0.2) is 19.2 Å². The molecule has 0 aliphatic heterocycles. The van der Waals surface area contributed by atoms with Crippen molar-refractivity contribution >= 4 is 23.9 Å². The van der Waals surface area contributed by atoms with E-state index in [1.807, 2.05) is 0 Å². The number of aromatic carboxylic acids is 4. The quantitative estimate of drug-likeness (QED) is 0.0868. The Morgan fingerprint density at radius 1 is 0.267 bits per heavy atom. The minimum Gasteiger partial charge on any atom is -0.478 e. The fourth-order valence-electron chi connectivity index (χ4n) is 8.85. The Bertz CT molecular complexity index is 3880. The summed E-state index contributed by atoms with van der Waals surface area (Å²) in [7, 11) is 0. The van der Waals surface area contributed by atoms with Crippen molar-refractivity contribution in [3.63, 3.8) is 0 Å². The van der Waals surface area contributed by atoms with E-state index >= 15 is 26.3 Å². The lowest BCUT2D eigenvalue weighted by atomic mass is 9.69. The Labute approximate surface area is 480 Å². The number of hydrogen-bond acceptors (Lipinski definition) is 4. The van der Waals surface area contributed by atoms with Gasteiger partial charge in [0, 0.05) is 44.5 Å². The molecule has 0 spiro atoms. The average molecular weight is 1180 g/mol. The van der Waals surface area contributed by atoms with Crippen LogP contribution in [0.25, 0.3) is 0 Å². The van der Waals surface area contributed by atoms with Gasteiger partial charge in [-0.1, -0.05) is 132 Å². The number of carbonyl (C=O) groups is 4. The Hall–Kier alpha value is -11.0. The molecule has 86 heavy (non-hydrogen) atoms. The molecular formula is C66H36F12O8. The number of rotatable bonds is 8. The normalized spacial score (nSPS) is 11.5. The van der Waals surface area contributed by atoms with Gasteiger partial charge >= 0.3 is 48.6 Å². The lowest BCUT2D eigenvalue weighted by molar-refractivity contribution is -0.290. The first kappa shape index (κ1) is 62.6.